The minimum Gasteiger partial charge on any atom is -0.496 e. The van der Waals surface area contributed by atoms with E-state index in [0.29, 0.717) is 12.3 Å². The molecule has 0 bridgehead atoms. The van der Waals surface area contributed by atoms with Crippen molar-refractivity contribution in [1.82, 2.24) is 15.5 Å². The van der Waals surface area contributed by atoms with Crippen molar-refractivity contribution in [2.75, 3.05) is 40.3 Å². The molecule has 1 saturated heterocycles. The monoisotopic (exact) mass is 422 g/mol. The van der Waals surface area contributed by atoms with E-state index in [2.05, 4.69) is 40.7 Å². The van der Waals surface area contributed by atoms with Crippen LogP contribution in [0.5, 0.6) is 5.75 Å². The normalized spacial score (nSPS) is 17.5. The molecule has 0 aromatic heterocycles. The van der Waals surface area contributed by atoms with Crippen LogP contribution in [0, 0.1) is 5.92 Å². The molecule has 1 aliphatic heterocycles. The van der Waals surface area contributed by atoms with Gasteiger partial charge in [-0.25, -0.2) is 0 Å². The third-order valence-corrected chi connectivity index (χ3v) is 5.84. The molecule has 6 heteroatoms. The number of methoxy groups -OCH3 is 1. The number of aliphatic imine (C=N–C) groups is 1. The number of guanidine groups is 1. The van der Waals surface area contributed by atoms with Crippen LogP contribution in [0.4, 0.5) is 0 Å². The topological polar surface area (TPSA) is 66.0 Å². The zero-order valence-corrected chi connectivity index (χ0v) is 18.8. The van der Waals surface area contributed by atoms with E-state index in [1.165, 1.54) is 11.1 Å². The average molecular weight is 423 g/mol. The maximum atomic E-state index is 12.4. The Morgan fingerprint density at radius 3 is 2.65 bits per heavy atom. The number of ether oxygens (including phenoxy) is 1. The maximum absolute atomic E-state index is 12.4. The summed E-state index contributed by atoms with van der Waals surface area (Å²) in [6, 6.07) is 18.4. The third kappa shape index (κ3) is 6.48. The molecule has 2 atom stereocenters. The van der Waals surface area contributed by atoms with Gasteiger partial charge in [-0.2, -0.15) is 0 Å². The van der Waals surface area contributed by atoms with Gasteiger partial charge in [0.2, 0.25) is 5.91 Å². The molecule has 166 valence electrons. The second-order valence-corrected chi connectivity index (χ2v) is 8.12. The van der Waals surface area contributed by atoms with Gasteiger partial charge in [-0.05, 0) is 23.6 Å². The summed E-state index contributed by atoms with van der Waals surface area (Å²) >= 11 is 0. The number of hydrogen-bond acceptors (Lipinski definition) is 3. The van der Waals surface area contributed by atoms with Crippen LogP contribution in [0.2, 0.25) is 0 Å². The van der Waals surface area contributed by atoms with Crippen LogP contribution >= 0.6 is 0 Å². The molecule has 2 unspecified atom stereocenters. The first-order valence-electron chi connectivity index (χ1n) is 11.0. The van der Waals surface area contributed by atoms with Crippen molar-refractivity contribution in [1.29, 1.82) is 0 Å². The lowest BCUT2D eigenvalue weighted by Crippen LogP contribution is -2.41. The molecule has 3 rings (SSSR count). The number of carbonyl (C=O) groups is 1. The summed E-state index contributed by atoms with van der Waals surface area (Å²) < 4.78 is 5.47. The number of nitrogens with one attached hydrogen (secondary N) is 2. The van der Waals surface area contributed by atoms with Crippen molar-refractivity contribution in [3.8, 4) is 5.75 Å². The molecule has 0 saturated carbocycles. The third-order valence-electron chi connectivity index (χ3n) is 5.84. The molecule has 1 aliphatic rings. The second-order valence-electron chi connectivity index (χ2n) is 8.12. The highest BCUT2D eigenvalue weighted by atomic mass is 16.5. The predicted molar refractivity (Wildman–Crippen MR) is 126 cm³/mol. The zero-order valence-electron chi connectivity index (χ0n) is 18.8. The van der Waals surface area contributed by atoms with E-state index in [0.717, 1.165) is 44.3 Å². The fourth-order valence-corrected chi connectivity index (χ4v) is 4.01. The summed E-state index contributed by atoms with van der Waals surface area (Å²) in [4.78, 5) is 18.7. The molecule has 1 fully saturated rings. The SMILES string of the molecule is CN=C(NCC1CC(=O)N(CCc2ccccc2)C1)NCC(C)c1ccccc1OC. The molecule has 2 aromatic carbocycles. The fraction of sp³-hybridized carbons (Fsp3) is 0.440. The number of amides is 1. The van der Waals surface area contributed by atoms with Gasteiger partial charge >= 0.3 is 0 Å². The molecule has 1 amide bonds. The van der Waals surface area contributed by atoms with Crippen molar-refractivity contribution >= 4 is 11.9 Å². The van der Waals surface area contributed by atoms with Gasteiger partial charge in [-0.3, -0.25) is 9.79 Å². The van der Waals surface area contributed by atoms with Crippen molar-refractivity contribution in [2.45, 2.75) is 25.7 Å². The Labute approximate surface area is 185 Å². The number of likely N-dealkylation sites (tertiary alicyclic amines) is 1. The Hall–Kier alpha value is -3.02. The standard InChI is InChI=1S/C25H34N4O2/c1-19(22-11-7-8-12-23(22)31-3)16-27-25(26-2)28-17-21-15-24(30)29(18-21)14-13-20-9-5-4-6-10-20/h4-12,19,21H,13-18H2,1-3H3,(H2,26,27,28). The zero-order chi connectivity index (χ0) is 22.1. The highest BCUT2D eigenvalue weighted by molar-refractivity contribution is 5.81. The predicted octanol–water partition coefficient (Wildman–Crippen LogP) is 3.05. The number of carbonyl (C=O) groups excluding carboxylic acids is 1. The summed E-state index contributed by atoms with van der Waals surface area (Å²) in [5.41, 5.74) is 2.44. The van der Waals surface area contributed by atoms with Gasteiger partial charge in [0.25, 0.3) is 0 Å². The van der Waals surface area contributed by atoms with E-state index in [1.54, 1.807) is 14.2 Å². The minimum absolute atomic E-state index is 0.246. The summed E-state index contributed by atoms with van der Waals surface area (Å²) in [5.74, 6) is 2.48. The van der Waals surface area contributed by atoms with Gasteiger partial charge in [-0.15, -0.1) is 0 Å². The van der Waals surface area contributed by atoms with E-state index >= 15 is 0 Å². The number of hydrogen-bond donors (Lipinski definition) is 2. The molecule has 6 nitrogen and oxygen atoms in total. The van der Waals surface area contributed by atoms with Gasteiger partial charge in [0.05, 0.1) is 7.11 Å². The number of nitrogens with zero attached hydrogens (tertiary/aromatic N) is 2. The first kappa shape index (κ1) is 22.7. The number of rotatable bonds is 9. The smallest absolute Gasteiger partial charge is 0.223 e. The molecular weight excluding hydrogens is 388 g/mol. The largest absolute Gasteiger partial charge is 0.496 e. The maximum Gasteiger partial charge on any atom is 0.223 e. The molecular formula is C25H34N4O2. The quantitative estimate of drug-likeness (QED) is 0.482. The highest BCUT2D eigenvalue weighted by Gasteiger charge is 2.29. The van der Waals surface area contributed by atoms with Crippen LogP contribution in [0.25, 0.3) is 0 Å². The van der Waals surface area contributed by atoms with Gasteiger partial charge in [-0.1, -0.05) is 55.5 Å². The number of para-hydroxylation sites is 1. The van der Waals surface area contributed by atoms with Crippen LogP contribution in [0.3, 0.4) is 0 Å². The van der Waals surface area contributed by atoms with Gasteiger partial charge in [0.15, 0.2) is 5.96 Å². The average Bonchev–Trinajstić information content (AvgIpc) is 3.17. The Balaban J connectivity index is 1.42. The van der Waals surface area contributed by atoms with E-state index in [4.69, 9.17) is 4.74 Å². The molecule has 1 heterocycles. The highest BCUT2D eigenvalue weighted by Crippen LogP contribution is 2.25. The summed E-state index contributed by atoms with van der Waals surface area (Å²) in [6.07, 6.45) is 1.49. The van der Waals surface area contributed by atoms with Crippen LogP contribution in [-0.2, 0) is 11.2 Å². The van der Waals surface area contributed by atoms with Gasteiger partial charge < -0.3 is 20.3 Å². The van der Waals surface area contributed by atoms with E-state index in [1.807, 2.05) is 41.3 Å². The van der Waals surface area contributed by atoms with Crippen molar-refractivity contribution in [3.63, 3.8) is 0 Å². The Morgan fingerprint density at radius 1 is 1.16 bits per heavy atom. The van der Waals surface area contributed by atoms with Crippen molar-refractivity contribution < 1.29 is 9.53 Å². The number of benzene rings is 2. The second kappa shape index (κ2) is 11.4. The van der Waals surface area contributed by atoms with Gasteiger partial charge in [0.1, 0.15) is 5.75 Å². The lowest BCUT2D eigenvalue weighted by Gasteiger charge is -2.20. The molecule has 31 heavy (non-hydrogen) atoms. The fourth-order valence-electron chi connectivity index (χ4n) is 4.01. The van der Waals surface area contributed by atoms with Gasteiger partial charge in [0, 0.05) is 51.5 Å². The van der Waals surface area contributed by atoms with E-state index in [9.17, 15) is 4.79 Å². The Morgan fingerprint density at radius 2 is 1.90 bits per heavy atom. The molecule has 0 aliphatic carbocycles. The summed E-state index contributed by atoms with van der Waals surface area (Å²) in [7, 11) is 3.47. The molecule has 2 aromatic rings. The molecule has 0 radical (unpaired) electrons. The van der Waals surface area contributed by atoms with Crippen LogP contribution in [-0.4, -0.2) is 57.1 Å². The first-order chi connectivity index (χ1) is 15.1. The van der Waals surface area contributed by atoms with Crippen molar-refractivity contribution in [3.05, 3.63) is 65.7 Å². The van der Waals surface area contributed by atoms with Crippen molar-refractivity contribution in [2.24, 2.45) is 10.9 Å². The minimum atomic E-state index is 0.246. The first-order valence-corrected chi connectivity index (χ1v) is 11.0. The van der Waals surface area contributed by atoms with Crippen LogP contribution in [0.1, 0.15) is 30.4 Å². The van der Waals surface area contributed by atoms with E-state index < -0.39 is 0 Å². The lowest BCUT2D eigenvalue weighted by atomic mass is 10.0. The van der Waals surface area contributed by atoms with E-state index in [-0.39, 0.29) is 11.8 Å². The molecule has 0 spiro atoms. The summed E-state index contributed by atoms with van der Waals surface area (Å²) in [6.45, 7) is 5.22. The summed E-state index contributed by atoms with van der Waals surface area (Å²) in [5, 5.41) is 6.79. The Kier molecular flexibility index (Phi) is 8.33. The van der Waals surface area contributed by atoms with Crippen LogP contribution in [0.15, 0.2) is 59.6 Å². The van der Waals surface area contributed by atoms with Crippen LogP contribution < -0.4 is 15.4 Å². The molecule has 2 N–H and O–H groups in total. The lowest BCUT2D eigenvalue weighted by molar-refractivity contribution is -0.127. The Bertz CT molecular complexity index is 869.